The molecule has 0 saturated carbocycles. The minimum atomic E-state index is -0.133. The van der Waals surface area contributed by atoms with Gasteiger partial charge >= 0.3 is 0 Å². The zero-order valence-electron chi connectivity index (χ0n) is 8.15. The molecule has 72 valence electrons. The highest BCUT2D eigenvalue weighted by Gasteiger charge is 2.03. The smallest absolute Gasteiger partial charge is 0.287 e. The van der Waals surface area contributed by atoms with Gasteiger partial charge in [-0.3, -0.25) is 4.79 Å². The number of rotatable bonds is 1. The van der Waals surface area contributed by atoms with Gasteiger partial charge < -0.3 is 4.52 Å². The van der Waals surface area contributed by atoms with Crippen molar-refractivity contribution in [3.63, 3.8) is 0 Å². The number of benzene rings is 1. The lowest BCUT2D eigenvalue weighted by molar-refractivity contribution is 0.322. The van der Waals surface area contributed by atoms with Crippen molar-refractivity contribution in [3.05, 3.63) is 52.0 Å². The van der Waals surface area contributed by atoms with Crippen LogP contribution in [0.3, 0.4) is 0 Å². The van der Waals surface area contributed by atoms with Gasteiger partial charge in [0.25, 0.3) is 5.56 Å². The number of hydrogen-bond acceptors (Lipinski definition) is 2. The van der Waals surface area contributed by atoms with Gasteiger partial charge in [0.1, 0.15) is 5.76 Å². The van der Waals surface area contributed by atoms with Crippen LogP contribution in [-0.4, -0.2) is 4.74 Å². The molecule has 1 aromatic heterocycles. The molecule has 0 N–H and O–H groups in total. The highest BCUT2D eigenvalue weighted by Crippen LogP contribution is 2.08. The van der Waals surface area contributed by atoms with Crippen LogP contribution in [0.2, 0.25) is 0 Å². The molecule has 0 saturated heterocycles. The Bertz CT molecular complexity index is 491. The number of aromatic nitrogens is 1. The van der Waals surface area contributed by atoms with Gasteiger partial charge in [-0.1, -0.05) is 17.7 Å². The number of aryl methyl sites for hydroxylation is 2. The average molecular weight is 189 g/mol. The SMILES string of the molecule is Cc1ccc(-n2oc(C)cc2=O)cc1. The predicted molar refractivity (Wildman–Crippen MR) is 53.8 cm³/mol. The molecule has 0 aliphatic heterocycles. The van der Waals surface area contributed by atoms with Gasteiger partial charge in [0.15, 0.2) is 0 Å². The summed E-state index contributed by atoms with van der Waals surface area (Å²) in [5, 5.41) is 0. The van der Waals surface area contributed by atoms with E-state index in [0.29, 0.717) is 5.76 Å². The van der Waals surface area contributed by atoms with Crippen LogP contribution in [-0.2, 0) is 0 Å². The maximum absolute atomic E-state index is 11.4. The summed E-state index contributed by atoms with van der Waals surface area (Å²) in [7, 11) is 0. The summed E-state index contributed by atoms with van der Waals surface area (Å²) < 4.78 is 6.53. The Kier molecular flexibility index (Phi) is 2.00. The van der Waals surface area contributed by atoms with Gasteiger partial charge in [-0.05, 0) is 26.0 Å². The Balaban J connectivity index is 2.54. The van der Waals surface area contributed by atoms with Crippen LogP contribution in [0.1, 0.15) is 11.3 Å². The molecule has 0 bridgehead atoms. The minimum Gasteiger partial charge on any atom is -0.376 e. The summed E-state index contributed by atoms with van der Waals surface area (Å²) in [6.45, 7) is 3.76. The summed E-state index contributed by atoms with van der Waals surface area (Å²) >= 11 is 0. The van der Waals surface area contributed by atoms with Gasteiger partial charge in [-0.25, -0.2) is 0 Å². The topological polar surface area (TPSA) is 35.1 Å². The molecular formula is C11H11NO2. The van der Waals surface area contributed by atoms with Gasteiger partial charge in [-0.15, -0.1) is 4.74 Å². The Morgan fingerprint density at radius 2 is 1.79 bits per heavy atom. The largest absolute Gasteiger partial charge is 0.376 e. The first-order chi connectivity index (χ1) is 6.66. The Morgan fingerprint density at radius 3 is 2.29 bits per heavy atom. The fourth-order valence-electron chi connectivity index (χ4n) is 1.31. The van der Waals surface area contributed by atoms with E-state index in [9.17, 15) is 4.79 Å². The molecule has 3 nitrogen and oxygen atoms in total. The highest BCUT2D eigenvalue weighted by molar-refractivity contribution is 5.32. The second kappa shape index (κ2) is 3.18. The third-order valence-corrected chi connectivity index (χ3v) is 2.03. The van der Waals surface area contributed by atoms with E-state index in [0.717, 1.165) is 11.3 Å². The van der Waals surface area contributed by atoms with Crippen molar-refractivity contribution < 1.29 is 4.52 Å². The molecule has 2 rings (SSSR count). The molecular weight excluding hydrogens is 178 g/mol. The molecule has 1 heterocycles. The molecule has 0 spiro atoms. The van der Waals surface area contributed by atoms with Crippen molar-refractivity contribution in [1.82, 2.24) is 4.74 Å². The Morgan fingerprint density at radius 1 is 1.14 bits per heavy atom. The van der Waals surface area contributed by atoms with Gasteiger partial charge in [0.2, 0.25) is 0 Å². The van der Waals surface area contributed by atoms with E-state index in [2.05, 4.69) is 0 Å². The number of hydrogen-bond donors (Lipinski definition) is 0. The van der Waals surface area contributed by atoms with E-state index in [1.165, 1.54) is 10.8 Å². The molecule has 14 heavy (non-hydrogen) atoms. The standard InChI is InChI=1S/C11H11NO2/c1-8-3-5-10(6-4-8)12-11(13)7-9(2)14-12/h3-7H,1-2H3. The van der Waals surface area contributed by atoms with Gasteiger partial charge in [0, 0.05) is 6.07 Å². The lowest BCUT2D eigenvalue weighted by Crippen LogP contribution is -2.10. The van der Waals surface area contributed by atoms with Crippen LogP contribution in [0.15, 0.2) is 39.6 Å². The lowest BCUT2D eigenvalue weighted by Gasteiger charge is -1.99. The first-order valence-corrected chi connectivity index (χ1v) is 4.44. The maximum Gasteiger partial charge on any atom is 0.287 e. The molecule has 0 radical (unpaired) electrons. The van der Waals surface area contributed by atoms with E-state index in [4.69, 9.17) is 4.52 Å². The van der Waals surface area contributed by atoms with Crippen LogP contribution in [0.25, 0.3) is 5.69 Å². The van der Waals surface area contributed by atoms with E-state index < -0.39 is 0 Å². The third kappa shape index (κ3) is 1.48. The van der Waals surface area contributed by atoms with Gasteiger partial charge in [0.05, 0.1) is 5.69 Å². The summed E-state index contributed by atoms with van der Waals surface area (Å²) in [5.74, 6) is 0.621. The Hall–Kier alpha value is -1.77. The molecule has 3 heteroatoms. The van der Waals surface area contributed by atoms with E-state index in [1.807, 2.05) is 31.2 Å². The van der Waals surface area contributed by atoms with E-state index >= 15 is 0 Å². The Labute approximate surface area is 81.6 Å². The first kappa shape index (κ1) is 8.81. The van der Waals surface area contributed by atoms with Crippen molar-refractivity contribution in [2.45, 2.75) is 13.8 Å². The quantitative estimate of drug-likeness (QED) is 0.688. The van der Waals surface area contributed by atoms with Crippen molar-refractivity contribution in [2.24, 2.45) is 0 Å². The van der Waals surface area contributed by atoms with Crippen LogP contribution in [0.4, 0.5) is 0 Å². The first-order valence-electron chi connectivity index (χ1n) is 4.44. The van der Waals surface area contributed by atoms with Crippen molar-refractivity contribution in [2.75, 3.05) is 0 Å². The molecule has 0 aliphatic rings. The zero-order chi connectivity index (χ0) is 10.1. The molecule has 0 aliphatic carbocycles. The fourth-order valence-corrected chi connectivity index (χ4v) is 1.31. The molecule has 0 amide bonds. The maximum atomic E-state index is 11.4. The normalized spacial score (nSPS) is 10.4. The second-order valence-electron chi connectivity index (χ2n) is 3.31. The summed E-state index contributed by atoms with van der Waals surface area (Å²) in [6.07, 6.45) is 0. The molecule has 1 aromatic carbocycles. The average Bonchev–Trinajstić information content (AvgIpc) is 2.47. The van der Waals surface area contributed by atoms with Crippen LogP contribution < -0.4 is 5.56 Å². The van der Waals surface area contributed by atoms with Gasteiger partial charge in [-0.2, -0.15) is 0 Å². The number of nitrogens with zero attached hydrogens (tertiary/aromatic N) is 1. The summed E-state index contributed by atoms with van der Waals surface area (Å²) in [4.78, 5) is 11.4. The van der Waals surface area contributed by atoms with Crippen LogP contribution >= 0.6 is 0 Å². The predicted octanol–water partition coefficient (Wildman–Crippen LogP) is 2.05. The highest BCUT2D eigenvalue weighted by atomic mass is 16.5. The van der Waals surface area contributed by atoms with Crippen molar-refractivity contribution >= 4 is 0 Å². The second-order valence-corrected chi connectivity index (χ2v) is 3.31. The van der Waals surface area contributed by atoms with Crippen molar-refractivity contribution in [3.8, 4) is 5.69 Å². The fraction of sp³-hybridized carbons (Fsp3) is 0.182. The van der Waals surface area contributed by atoms with Crippen LogP contribution in [0, 0.1) is 13.8 Å². The minimum absolute atomic E-state index is 0.133. The molecule has 0 atom stereocenters. The molecule has 0 unspecified atom stereocenters. The van der Waals surface area contributed by atoms with E-state index in [-0.39, 0.29) is 5.56 Å². The zero-order valence-corrected chi connectivity index (χ0v) is 8.15. The van der Waals surface area contributed by atoms with Crippen molar-refractivity contribution in [1.29, 1.82) is 0 Å². The third-order valence-electron chi connectivity index (χ3n) is 2.03. The summed E-state index contributed by atoms with van der Waals surface area (Å²) in [5.41, 5.74) is 1.78. The van der Waals surface area contributed by atoms with Crippen LogP contribution in [0.5, 0.6) is 0 Å². The van der Waals surface area contributed by atoms with E-state index in [1.54, 1.807) is 6.92 Å². The molecule has 2 aromatic rings. The monoisotopic (exact) mass is 189 g/mol. The summed E-state index contributed by atoms with van der Waals surface area (Å²) in [6, 6.07) is 9.08. The molecule has 0 fully saturated rings. The lowest BCUT2D eigenvalue weighted by atomic mass is 10.2.